The monoisotopic (exact) mass is 293 g/mol. The van der Waals surface area contributed by atoms with Gasteiger partial charge in [0.1, 0.15) is 5.01 Å². The fourth-order valence-corrected chi connectivity index (χ4v) is 2.66. The molecule has 1 aromatic heterocycles. The van der Waals surface area contributed by atoms with Crippen molar-refractivity contribution < 1.29 is 0 Å². The normalized spacial score (nSPS) is 12.3. The summed E-state index contributed by atoms with van der Waals surface area (Å²) in [4.78, 5) is 8.46. The van der Waals surface area contributed by atoms with Gasteiger partial charge in [0, 0.05) is 23.1 Å². The van der Waals surface area contributed by atoms with E-state index in [1.54, 1.807) is 29.3 Å². The number of nitrogens with zero attached hydrogens (tertiary/aromatic N) is 3. The van der Waals surface area contributed by atoms with Gasteiger partial charge < -0.3 is 5.32 Å². The molecule has 0 bridgehead atoms. The van der Waals surface area contributed by atoms with Crippen molar-refractivity contribution in [2.24, 2.45) is 4.99 Å². The Labute approximate surface area is 121 Å². The first-order valence-electron chi connectivity index (χ1n) is 5.64. The van der Waals surface area contributed by atoms with Gasteiger partial charge in [-0.1, -0.05) is 5.92 Å². The van der Waals surface area contributed by atoms with Crippen LogP contribution in [0.15, 0.2) is 16.6 Å². The number of thiazole rings is 1. The third-order valence-electron chi connectivity index (χ3n) is 1.99. The lowest BCUT2D eigenvalue weighted by atomic mass is 10.4. The molecule has 0 amide bonds. The minimum absolute atomic E-state index is 0.164. The lowest BCUT2D eigenvalue weighted by Crippen LogP contribution is -2.39. The van der Waals surface area contributed by atoms with E-state index in [4.69, 9.17) is 11.7 Å². The van der Waals surface area contributed by atoms with Crippen LogP contribution in [0.4, 0.5) is 0 Å². The topological polar surface area (TPSA) is 73.1 Å². The molecule has 1 rings (SSSR count). The number of thioether (sulfide) groups is 1. The second-order valence-corrected chi connectivity index (χ2v) is 5.56. The van der Waals surface area contributed by atoms with E-state index in [9.17, 15) is 0 Å². The molecule has 0 spiro atoms. The predicted octanol–water partition coefficient (Wildman–Crippen LogP) is 1.41. The van der Waals surface area contributed by atoms with E-state index >= 15 is 0 Å². The molecule has 0 aliphatic carbocycles. The summed E-state index contributed by atoms with van der Waals surface area (Å²) in [5, 5.41) is 17.1. The first kappa shape index (κ1) is 15.4. The number of rotatable bonds is 6. The van der Waals surface area contributed by atoms with Crippen LogP contribution in [0.3, 0.4) is 0 Å². The van der Waals surface area contributed by atoms with Crippen LogP contribution in [0.5, 0.6) is 0 Å². The van der Waals surface area contributed by atoms with E-state index in [0.29, 0.717) is 12.5 Å². The van der Waals surface area contributed by atoms with Gasteiger partial charge in [-0.05, 0) is 6.92 Å². The average molecular weight is 293 g/mol. The van der Waals surface area contributed by atoms with Gasteiger partial charge >= 0.3 is 0 Å². The highest BCUT2D eigenvalue weighted by Gasteiger charge is 2.01. The zero-order chi connectivity index (χ0) is 13.9. The van der Waals surface area contributed by atoms with Crippen LogP contribution in [0, 0.1) is 23.8 Å². The molecule has 0 radical (unpaired) electrons. The third kappa shape index (κ3) is 6.70. The number of hydrogen-bond donors (Lipinski definition) is 2. The standard InChI is InChI=1S/C12H15N5S2/c1-3-10(2)17-12(16-9-13)15-4-6-18-8-11-14-5-7-19-11/h1,5,7,10H,4,6,8H2,2H3,(H2,15,16,17). The average Bonchev–Trinajstić information content (AvgIpc) is 2.91. The molecular weight excluding hydrogens is 278 g/mol. The zero-order valence-electron chi connectivity index (χ0n) is 10.6. The summed E-state index contributed by atoms with van der Waals surface area (Å²) in [6, 6.07) is -0.164. The van der Waals surface area contributed by atoms with Gasteiger partial charge in [-0.2, -0.15) is 17.0 Å². The maximum atomic E-state index is 8.60. The molecule has 0 fully saturated rings. The van der Waals surface area contributed by atoms with Crippen LogP contribution in [0.25, 0.3) is 0 Å². The van der Waals surface area contributed by atoms with E-state index in [1.165, 1.54) is 0 Å². The van der Waals surface area contributed by atoms with Crippen LogP contribution in [-0.4, -0.2) is 29.3 Å². The molecule has 1 aromatic rings. The molecular formula is C12H15N5S2. The lowest BCUT2D eigenvalue weighted by molar-refractivity contribution is 0.803. The van der Waals surface area contributed by atoms with Gasteiger partial charge in [0.15, 0.2) is 6.19 Å². The lowest BCUT2D eigenvalue weighted by Gasteiger charge is -2.10. The summed E-state index contributed by atoms with van der Waals surface area (Å²) in [6.07, 6.45) is 8.90. The van der Waals surface area contributed by atoms with Gasteiger partial charge in [-0.15, -0.1) is 17.8 Å². The van der Waals surface area contributed by atoms with Gasteiger partial charge in [0.05, 0.1) is 12.6 Å². The number of aromatic nitrogens is 1. The fraction of sp³-hybridized carbons (Fsp3) is 0.417. The van der Waals surface area contributed by atoms with Crippen molar-refractivity contribution in [1.29, 1.82) is 5.26 Å². The van der Waals surface area contributed by atoms with E-state index in [0.717, 1.165) is 16.5 Å². The molecule has 0 saturated heterocycles. The highest BCUT2D eigenvalue weighted by atomic mass is 32.2. The van der Waals surface area contributed by atoms with Gasteiger partial charge in [-0.3, -0.25) is 10.3 Å². The Morgan fingerprint density at radius 3 is 3.21 bits per heavy atom. The molecule has 2 N–H and O–H groups in total. The molecule has 1 heterocycles. The van der Waals surface area contributed by atoms with Crippen LogP contribution >= 0.6 is 23.1 Å². The van der Waals surface area contributed by atoms with Crippen molar-refractivity contribution >= 4 is 29.1 Å². The van der Waals surface area contributed by atoms with Crippen LogP contribution in [-0.2, 0) is 5.75 Å². The molecule has 19 heavy (non-hydrogen) atoms. The van der Waals surface area contributed by atoms with Gasteiger partial charge in [0.2, 0.25) is 5.96 Å². The van der Waals surface area contributed by atoms with Crippen LogP contribution in [0.2, 0.25) is 0 Å². The molecule has 7 heteroatoms. The highest BCUT2D eigenvalue weighted by molar-refractivity contribution is 7.98. The van der Waals surface area contributed by atoms with E-state index in [2.05, 4.69) is 26.5 Å². The van der Waals surface area contributed by atoms with Gasteiger partial charge in [-0.25, -0.2) is 4.98 Å². The van der Waals surface area contributed by atoms with E-state index in [-0.39, 0.29) is 6.04 Å². The van der Waals surface area contributed by atoms with Crippen molar-refractivity contribution in [3.05, 3.63) is 16.6 Å². The molecule has 1 unspecified atom stereocenters. The summed E-state index contributed by atoms with van der Waals surface area (Å²) in [5.74, 6) is 4.69. The fourth-order valence-electron chi connectivity index (χ4n) is 1.13. The van der Waals surface area contributed by atoms with Crippen LogP contribution in [0.1, 0.15) is 11.9 Å². The second-order valence-electron chi connectivity index (χ2n) is 3.48. The minimum atomic E-state index is -0.164. The first-order valence-corrected chi connectivity index (χ1v) is 7.68. The number of hydrogen-bond acceptors (Lipinski definition) is 5. The molecule has 5 nitrogen and oxygen atoms in total. The smallest absolute Gasteiger partial charge is 0.205 e. The summed E-state index contributed by atoms with van der Waals surface area (Å²) >= 11 is 3.41. The Hall–Kier alpha value is -1.70. The minimum Gasteiger partial charge on any atom is -0.342 e. The Balaban J connectivity index is 2.27. The Bertz CT molecular complexity index is 469. The SMILES string of the molecule is C#CC(C)NC(=NCCSCc1nccs1)NC#N. The number of guanidine groups is 1. The molecule has 0 aliphatic heterocycles. The molecule has 1 atom stereocenters. The molecule has 100 valence electrons. The summed E-state index contributed by atoms with van der Waals surface area (Å²) in [6.45, 7) is 2.44. The van der Waals surface area contributed by atoms with Crippen molar-refractivity contribution in [3.63, 3.8) is 0 Å². The number of nitriles is 1. The van der Waals surface area contributed by atoms with Gasteiger partial charge in [0.25, 0.3) is 0 Å². The summed E-state index contributed by atoms with van der Waals surface area (Å²) in [7, 11) is 0. The molecule has 0 saturated carbocycles. The van der Waals surface area contributed by atoms with Crippen molar-refractivity contribution in [3.8, 4) is 18.5 Å². The Kier molecular flexibility index (Phi) is 7.48. The maximum absolute atomic E-state index is 8.60. The van der Waals surface area contributed by atoms with E-state index < -0.39 is 0 Å². The maximum Gasteiger partial charge on any atom is 0.205 e. The third-order valence-corrected chi connectivity index (χ3v) is 3.90. The highest BCUT2D eigenvalue weighted by Crippen LogP contribution is 2.13. The summed E-state index contributed by atoms with van der Waals surface area (Å²) < 4.78 is 0. The number of terminal acetylenes is 1. The van der Waals surface area contributed by atoms with Crippen molar-refractivity contribution in [2.45, 2.75) is 18.7 Å². The summed E-state index contributed by atoms with van der Waals surface area (Å²) in [5.41, 5.74) is 0. The van der Waals surface area contributed by atoms with E-state index in [1.807, 2.05) is 18.5 Å². The largest absolute Gasteiger partial charge is 0.342 e. The quantitative estimate of drug-likeness (QED) is 0.207. The van der Waals surface area contributed by atoms with Crippen molar-refractivity contribution in [1.82, 2.24) is 15.6 Å². The molecule has 0 aromatic carbocycles. The number of aliphatic imine (C=N–C) groups is 1. The molecule has 0 aliphatic rings. The zero-order valence-corrected chi connectivity index (χ0v) is 12.2. The second kappa shape index (κ2) is 9.26. The predicted molar refractivity (Wildman–Crippen MR) is 80.8 cm³/mol. The Morgan fingerprint density at radius 2 is 2.58 bits per heavy atom. The van der Waals surface area contributed by atoms with Crippen LogP contribution < -0.4 is 10.6 Å². The van der Waals surface area contributed by atoms with Crippen molar-refractivity contribution in [2.75, 3.05) is 12.3 Å². The Morgan fingerprint density at radius 1 is 1.74 bits per heavy atom. The number of nitrogens with one attached hydrogen (secondary N) is 2. The first-order chi connectivity index (χ1) is 9.26.